The van der Waals surface area contributed by atoms with Crippen molar-refractivity contribution in [1.82, 2.24) is 0 Å². The summed E-state index contributed by atoms with van der Waals surface area (Å²) in [5.74, 6) is 5.76. The summed E-state index contributed by atoms with van der Waals surface area (Å²) < 4.78 is 0. The molecule has 0 nitrogen and oxygen atoms in total. The van der Waals surface area contributed by atoms with Crippen molar-refractivity contribution >= 4 is 0 Å². The standard InChI is InChI=1S/C9H12/c1-4-7-9(6-3)8-5-2/h1-2,9H,6-8H2,3H3. The molecule has 0 unspecified atom stereocenters. The van der Waals surface area contributed by atoms with Gasteiger partial charge in [0.25, 0.3) is 0 Å². The number of terminal acetylenes is 2. The maximum absolute atomic E-state index is 5.12. The second-order valence-electron chi connectivity index (χ2n) is 2.09. The van der Waals surface area contributed by atoms with Crippen molar-refractivity contribution in [1.29, 1.82) is 0 Å². The molecule has 0 aliphatic heterocycles. The minimum atomic E-state index is 0.542. The number of rotatable bonds is 3. The lowest BCUT2D eigenvalue weighted by Gasteiger charge is -2.04. The summed E-state index contributed by atoms with van der Waals surface area (Å²) in [5, 5.41) is 0. The van der Waals surface area contributed by atoms with Crippen LogP contribution >= 0.6 is 0 Å². The smallest absolute Gasteiger partial charge is 0.0123 e. The van der Waals surface area contributed by atoms with Gasteiger partial charge in [-0.2, -0.15) is 0 Å². The van der Waals surface area contributed by atoms with Gasteiger partial charge in [0.15, 0.2) is 0 Å². The van der Waals surface area contributed by atoms with Crippen molar-refractivity contribution in [3.63, 3.8) is 0 Å². The van der Waals surface area contributed by atoms with Crippen molar-refractivity contribution in [3.05, 3.63) is 0 Å². The van der Waals surface area contributed by atoms with Crippen LogP contribution < -0.4 is 0 Å². The van der Waals surface area contributed by atoms with Gasteiger partial charge in [-0.1, -0.05) is 13.3 Å². The van der Waals surface area contributed by atoms with E-state index in [2.05, 4.69) is 18.8 Å². The van der Waals surface area contributed by atoms with Gasteiger partial charge in [-0.3, -0.25) is 0 Å². The summed E-state index contributed by atoms with van der Waals surface area (Å²) >= 11 is 0. The topological polar surface area (TPSA) is 0 Å². The van der Waals surface area contributed by atoms with E-state index in [0.29, 0.717) is 5.92 Å². The first-order chi connectivity index (χ1) is 4.35. The van der Waals surface area contributed by atoms with E-state index >= 15 is 0 Å². The molecule has 0 aliphatic rings. The van der Waals surface area contributed by atoms with Crippen LogP contribution in [-0.2, 0) is 0 Å². The first kappa shape index (κ1) is 8.12. The molecular formula is C9H12. The predicted octanol–water partition coefficient (Wildman–Crippen LogP) is 2.06. The molecule has 0 N–H and O–H groups in total. The largest absolute Gasteiger partial charge is 0.120 e. The molecule has 0 saturated heterocycles. The molecule has 0 bridgehead atoms. The zero-order valence-electron chi connectivity index (χ0n) is 5.85. The molecule has 0 amide bonds. The Morgan fingerprint density at radius 1 is 1.22 bits per heavy atom. The molecule has 9 heavy (non-hydrogen) atoms. The lowest BCUT2D eigenvalue weighted by atomic mass is 10.00. The molecule has 0 aromatic carbocycles. The maximum Gasteiger partial charge on any atom is 0.0123 e. The molecule has 0 fully saturated rings. The van der Waals surface area contributed by atoms with E-state index in [9.17, 15) is 0 Å². The summed E-state index contributed by atoms with van der Waals surface area (Å²) in [6.45, 7) is 2.11. The van der Waals surface area contributed by atoms with Crippen molar-refractivity contribution in [2.24, 2.45) is 5.92 Å². The van der Waals surface area contributed by atoms with Gasteiger partial charge >= 0.3 is 0 Å². The highest BCUT2D eigenvalue weighted by molar-refractivity contribution is 4.92. The first-order valence-corrected chi connectivity index (χ1v) is 3.22. The zero-order valence-corrected chi connectivity index (χ0v) is 5.85. The van der Waals surface area contributed by atoms with E-state index in [4.69, 9.17) is 12.8 Å². The summed E-state index contributed by atoms with van der Waals surface area (Å²) in [6.07, 6.45) is 13.0. The van der Waals surface area contributed by atoms with E-state index in [-0.39, 0.29) is 0 Å². The van der Waals surface area contributed by atoms with Crippen LogP contribution in [0.1, 0.15) is 26.2 Å². The van der Waals surface area contributed by atoms with E-state index in [1.165, 1.54) is 0 Å². The van der Waals surface area contributed by atoms with Gasteiger partial charge in [0.1, 0.15) is 0 Å². The average molecular weight is 120 g/mol. The Labute approximate surface area is 57.7 Å². The summed E-state index contributed by atoms with van der Waals surface area (Å²) in [7, 11) is 0. The molecule has 0 aromatic heterocycles. The Bertz CT molecular complexity index is 115. The lowest BCUT2D eigenvalue weighted by Crippen LogP contribution is -1.94. The van der Waals surface area contributed by atoms with Crippen molar-refractivity contribution in [3.8, 4) is 24.7 Å². The van der Waals surface area contributed by atoms with Gasteiger partial charge in [-0.25, -0.2) is 0 Å². The second-order valence-corrected chi connectivity index (χ2v) is 2.09. The zero-order chi connectivity index (χ0) is 7.11. The molecule has 0 aliphatic carbocycles. The molecule has 0 heteroatoms. The van der Waals surface area contributed by atoms with Crippen LogP contribution in [0.3, 0.4) is 0 Å². The molecular weight excluding hydrogens is 108 g/mol. The SMILES string of the molecule is C#CCC(CC)CC#C. The fraction of sp³-hybridized carbons (Fsp3) is 0.556. The summed E-state index contributed by atoms with van der Waals surface area (Å²) in [5.41, 5.74) is 0. The highest BCUT2D eigenvalue weighted by atomic mass is 14.0. The minimum absolute atomic E-state index is 0.542. The quantitative estimate of drug-likeness (QED) is 0.500. The van der Waals surface area contributed by atoms with Crippen LogP contribution in [0.5, 0.6) is 0 Å². The van der Waals surface area contributed by atoms with Crippen LogP contribution in [0.15, 0.2) is 0 Å². The van der Waals surface area contributed by atoms with Crippen molar-refractivity contribution in [2.75, 3.05) is 0 Å². The van der Waals surface area contributed by atoms with Crippen molar-refractivity contribution < 1.29 is 0 Å². The molecule has 0 radical (unpaired) electrons. The summed E-state index contributed by atoms with van der Waals surface area (Å²) in [6, 6.07) is 0. The Morgan fingerprint density at radius 3 is 1.89 bits per heavy atom. The van der Waals surface area contributed by atoms with Gasteiger partial charge in [-0.05, 0) is 5.92 Å². The highest BCUT2D eigenvalue weighted by Gasteiger charge is 1.99. The van der Waals surface area contributed by atoms with E-state index < -0.39 is 0 Å². The van der Waals surface area contributed by atoms with Crippen LogP contribution in [0.4, 0.5) is 0 Å². The summed E-state index contributed by atoms with van der Waals surface area (Å²) in [4.78, 5) is 0. The third kappa shape index (κ3) is 3.68. The molecule has 0 rings (SSSR count). The fourth-order valence-electron chi connectivity index (χ4n) is 0.694. The van der Waals surface area contributed by atoms with E-state index in [0.717, 1.165) is 19.3 Å². The normalized spacial score (nSPS) is 8.44. The Balaban J connectivity index is 3.47. The fourth-order valence-corrected chi connectivity index (χ4v) is 0.694. The van der Waals surface area contributed by atoms with E-state index in [1.54, 1.807) is 0 Å². The van der Waals surface area contributed by atoms with Crippen LogP contribution in [0.25, 0.3) is 0 Å². The Morgan fingerprint density at radius 2 is 1.67 bits per heavy atom. The molecule has 0 heterocycles. The van der Waals surface area contributed by atoms with Gasteiger partial charge in [-0.15, -0.1) is 24.7 Å². The average Bonchev–Trinajstić information content (AvgIpc) is 1.88. The highest BCUT2D eigenvalue weighted by Crippen LogP contribution is 2.10. The van der Waals surface area contributed by atoms with Crippen molar-refractivity contribution in [2.45, 2.75) is 26.2 Å². The molecule has 48 valence electrons. The van der Waals surface area contributed by atoms with Crippen LogP contribution in [0.2, 0.25) is 0 Å². The Hall–Kier alpha value is -0.880. The van der Waals surface area contributed by atoms with Gasteiger partial charge in [0.05, 0.1) is 0 Å². The van der Waals surface area contributed by atoms with Gasteiger partial charge in [0.2, 0.25) is 0 Å². The lowest BCUT2D eigenvalue weighted by molar-refractivity contribution is 0.540. The number of hydrogen-bond donors (Lipinski definition) is 0. The van der Waals surface area contributed by atoms with Gasteiger partial charge in [0, 0.05) is 12.8 Å². The third-order valence-corrected chi connectivity index (χ3v) is 1.39. The minimum Gasteiger partial charge on any atom is -0.120 e. The third-order valence-electron chi connectivity index (χ3n) is 1.39. The van der Waals surface area contributed by atoms with Gasteiger partial charge < -0.3 is 0 Å². The maximum atomic E-state index is 5.12. The van der Waals surface area contributed by atoms with E-state index in [1.807, 2.05) is 0 Å². The molecule has 0 aromatic rings. The van der Waals surface area contributed by atoms with Crippen LogP contribution in [-0.4, -0.2) is 0 Å². The second kappa shape index (κ2) is 5.26. The molecule has 0 atom stereocenters. The first-order valence-electron chi connectivity index (χ1n) is 3.22. The monoisotopic (exact) mass is 120 g/mol. The van der Waals surface area contributed by atoms with Crippen LogP contribution in [0, 0.1) is 30.6 Å². The molecule has 0 spiro atoms. The Kier molecular flexibility index (Phi) is 4.75. The molecule has 0 saturated carbocycles. The predicted molar refractivity (Wildman–Crippen MR) is 40.7 cm³/mol. The number of hydrogen-bond acceptors (Lipinski definition) is 0.